The molecule has 0 bridgehead atoms. The van der Waals surface area contributed by atoms with E-state index in [1.807, 2.05) is 84.9 Å². The third-order valence-electron chi connectivity index (χ3n) is 5.97. The Morgan fingerprint density at radius 1 is 0.944 bits per heavy atom. The minimum atomic E-state index is -0.740. The summed E-state index contributed by atoms with van der Waals surface area (Å²) in [5, 5.41) is 4.41. The van der Waals surface area contributed by atoms with Crippen LogP contribution in [0.5, 0.6) is 5.75 Å². The molecule has 1 aliphatic carbocycles. The van der Waals surface area contributed by atoms with Gasteiger partial charge in [-0.1, -0.05) is 60.7 Å². The molecule has 36 heavy (non-hydrogen) atoms. The van der Waals surface area contributed by atoms with Crippen molar-refractivity contribution in [3.63, 3.8) is 0 Å². The molecule has 5 rings (SSSR count). The molecule has 4 aromatic rings. The zero-order valence-corrected chi connectivity index (χ0v) is 19.9. The molecular formula is C28H26N4O4. The number of carbonyl (C=O) groups is 2. The molecule has 8 heteroatoms. The highest BCUT2D eigenvalue weighted by atomic mass is 16.5. The fourth-order valence-corrected chi connectivity index (χ4v) is 3.93. The highest BCUT2D eigenvalue weighted by molar-refractivity contribution is 5.88. The third kappa shape index (κ3) is 5.27. The summed E-state index contributed by atoms with van der Waals surface area (Å²) in [6, 6.07) is 26.7. The molecule has 0 radical (unpaired) electrons. The fraction of sp³-hybridized carbons (Fsp3) is 0.214. The molecule has 1 saturated carbocycles. The van der Waals surface area contributed by atoms with Crippen molar-refractivity contribution < 1.29 is 19.1 Å². The zero-order chi connectivity index (χ0) is 24.9. The van der Waals surface area contributed by atoms with Gasteiger partial charge in [0.2, 0.25) is 0 Å². The first-order chi connectivity index (χ1) is 17.6. The van der Waals surface area contributed by atoms with E-state index in [1.54, 1.807) is 16.7 Å². The molecule has 0 aliphatic heterocycles. The highest BCUT2D eigenvalue weighted by Crippen LogP contribution is 2.29. The van der Waals surface area contributed by atoms with Gasteiger partial charge in [0.1, 0.15) is 5.75 Å². The van der Waals surface area contributed by atoms with E-state index < -0.39 is 5.97 Å². The second kappa shape index (κ2) is 10.4. The van der Waals surface area contributed by atoms with Crippen molar-refractivity contribution in [2.75, 3.05) is 13.7 Å². The highest BCUT2D eigenvalue weighted by Gasteiger charge is 2.33. The standard InChI is InChI=1S/C28H26N4O4/c1-35-24-16-12-20(13-17-24)18-31(22-14-15-22)25(33)19-36-28(34)26-29-27(21-8-4-2-5-9-21)32(30-26)23-10-6-3-7-11-23/h2-13,16-17,22H,14-15,18-19H2,1H3. The maximum Gasteiger partial charge on any atom is 0.378 e. The van der Waals surface area contributed by atoms with E-state index in [9.17, 15) is 9.59 Å². The summed E-state index contributed by atoms with van der Waals surface area (Å²) in [4.78, 5) is 32.1. The Bertz CT molecular complexity index is 1280. The van der Waals surface area contributed by atoms with Crippen LogP contribution in [0, 0.1) is 0 Å². The van der Waals surface area contributed by atoms with Crippen LogP contribution < -0.4 is 4.74 Å². The van der Waals surface area contributed by atoms with Crippen LogP contribution in [-0.2, 0) is 16.1 Å². The maximum atomic E-state index is 13.0. The molecular weight excluding hydrogens is 456 g/mol. The smallest absolute Gasteiger partial charge is 0.378 e. The Hall–Kier alpha value is -4.46. The minimum absolute atomic E-state index is 0.0985. The lowest BCUT2D eigenvalue weighted by molar-refractivity contribution is -0.135. The number of amides is 1. The van der Waals surface area contributed by atoms with Gasteiger partial charge in [0.05, 0.1) is 12.8 Å². The van der Waals surface area contributed by atoms with Crippen molar-refractivity contribution in [3.8, 4) is 22.8 Å². The van der Waals surface area contributed by atoms with E-state index >= 15 is 0 Å². The SMILES string of the molecule is COc1ccc(CN(C(=O)COC(=O)c2nc(-c3ccccc3)n(-c3ccccc3)n2)C2CC2)cc1. The molecule has 1 aliphatic rings. The second-order valence-electron chi connectivity index (χ2n) is 8.55. The molecule has 0 atom stereocenters. The van der Waals surface area contributed by atoms with E-state index in [0.717, 1.165) is 35.4 Å². The summed E-state index contributed by atoms with van der Waals surface area (Å²) >= 11 is 0. The van der Waals surface area contributed by atoms with Crippen LogP contribution in [0.3, 0.4) is 0 Å². The molecule has 3 aromatic carbocycles. The number of ether oxygens (including phenoxy) is 2. The Morgan fingerprint density at radius 2 is 1.61 bits per heavy atom. The van der Waals surface area contributed by atoms with Crippen LogP contribution in [0.2, 0.25) is 0 Å². The number of carbonyl (C=O) groups excluding carboxylic acids is 2. The number of benzene rings is 3. The van der Waals surface area contributed by atoms with Crippen molar-refractivity contribution in [2.24, 2.45) is 0 Å². The zero-order valence-electron chi connectivity index (χ0n) is 19.9. The van der Waals surface area contributed by atoms with E-state index in [1.165, 1.54) is 0 Å². The third-order valence-corrected chi connectivity index (χ3v) is 5.97. The van der Waals surface area contributed by atoms with Gasteiger partial charge in [-0.3, -0.25) is 4.79 Å². The van der Waals surface area contributed by atoms with E-state index in [0.29, 0.717) is 12.4 Å². The van der Waals surface area contributed by atoms with Crippen LogP contribution in [0.15, 0.2) is 84.9 Å². The van der Waals surface area contributed by atoms with Gasteiger partial charge in [-0.15, -0.1) is 5.10 Å². The van der Waals surface area contributed by atoms with Crippen molar-refractivity contribution in [1.29, 1.82) is 0 Å². The maximum absolute atomic E-state index is 13.0. The number of para-hydroxylation sites is 1. The van der Waals surface area contributed by atoms with Gasteiger partial charge < -0.3 is 14.4 Å². The van der Waals surface area contributed by atoms with Crippen LogP contribution in [0.1, 0.15) is 29.0 Å². The number of nitrogens with zero attached hydrogens (tertiary/aromatic N) is 4. The van der Waals surface area contributed by atoms with Crippen molar-refractivity contribution in [2.45, 2.75) is 25.4 Å². The molecule has 8 nitrogen and oxygen atoms in total. The number of hydrogen-bond donors (Lipinski definition) is 0. The largest absolute Gasteiger partial charge is 0.497 e. The first-order valence-electron chi connectivity index (χ1n) is 11.8. The van der Waals surface area contributed by atoms with Crippen molar-refractivity contribution >= 4 is 11.9 Å². The van der Waals surface area contributed by atoms with Crippen LogP contribution in [0.25, 0.3) is 17.1 Å². The summed E-state index contributed by atoms with van der Waals surface area (Å²) in [6.45, 7) is 0.0795. The van der Waals surface area contributed by atoms with Crippen molar-refractivity contribution in [3.05, 3.63) is 96.3 Å². The second-order valence-corrected chi connectivity index (χ2v) is 8.55. The predicted octanol–water partition coefficient (Wildman–Crippen LogP) is 4.29. The van der Waals surface area contributed by atoms with Gasteiger partial charge in [0.15, 0.2) is 12.4 Å². The normalized spacial score (nSPS) is 12.7. The number of methoxy groups -OCH3 is 1. The molecule has 0 unspecified atom stereocenters. The molecule has 1 amide bonds. The summed E-state index contributed by atoms with van der Waals surface area (Å²) < 4.78 is 12.2. The topological polar surface area (TPSA) is 86.5 Å². The molecule has 0 N–H and O–H groups in total. The van der Waals surface area contributed by atoms with Gasteiger partial charge in [-0.25, -0.2) is 14.5 Å². The fourth-order valence-electron chi connectivity index (χ4n) is 3.93. The van der Waals surface area contributed by atoms with Gasteiger partial charge in [0, 0.05) is 18.2 Å². The van der Waals surface area contributed by atoms with Gasteiger partial charge in [0.25, 0.3) is 11.7 Å². The van der Waals surface area contributed by atoms with E-state index in [2.05, 4.69) is 10.1 Å². The van der Waals surface area contributed by atoms with Crippen LogP contribution in [-0.4, -0.2) is 51.3 Å². The number of hydrogen-bond acceptors (Lipinski definition) is 6. The average molecular weight is 483 g/mol. The van der Waals surface area contributed by atoms with Gasteiger partial charge in [-0.05, 0) is 42.7 Å². The molecule has 182 valence electrons. The quantitative estimate of drug-likeness (QED) is 0.331. The van der Waals surface area contributed by atoms with E-state index in [4.69, 9.17) is 9.47 Å². The lowest BCUT2D eigenvalue weighted by atomic mass is 10.2. The molecule has 0 spiro atoms. The lowest BCUT2D eigenvalue weighted by Gasteiger charge is -2.22. The Morgan fingerprint density at radius 3 is 2.25 bits per heavy atom. The molecule has 0 saturated heterocycles. The summed E-state index contributed by atoms with van der Waals surface area (Å²) in [6.07, 6.45) is 1.89. The van der Waals surface area contributed by atoms with E-state index in [-0.39, 0.29) is 24.4 Å². The predicted molar refractivity (Wildman–Crippen MR) is 134 cm³/mol. The molecule has 1 heterocycles. The monoisotopic (exact) mass is 482 g/mol. The minimum Gasteiger partial charge on any atom is -0.497 e. The number of aromatic nitrogens is 3. The van der Waals surface area contributed by atoms with Gasteiger partial charge >= 0.3 is 5.97 Å². The number of rotatable bonds is 9. The summed E-state index contributed by atoms with van der Waals surface area (Å²) in [5.74, 6) is 0.190. The summed E-state index contributed by atoms with van der Waals surface area (Å²) in [5.41, 5.74) is 2.56. The van der Waals surface area contributed by atoms with Crippen LogP contribution in [0.4, 0.5) is 0 Å². The average Bonchev–Trinajstić information content (AvgIpc) is 3.68. The first kappa shape index (κ1) is 23.3. The lowest BCUT2D eigenvalue weighted by Crippen LogP contribution is -2.36. The Kier molecular flexibility index (Phi) is 6.75. The van der Waals surface area contributed by atoms with Crippen molar-refractivity contribution in [1.82, 2.24) is 19.7 Å². The Balaban J connectivity index is 1.30. The summed E-state index contributed by atoms with van der Waals surface area (Å²) in [7, 11) is 1.62. The number of esters is 1. The molecule has 1 aromatic heterocycles. The first-order valence-corrected chi connectivity index (χ1v) is 11.8. The molecule has 1 fully saturated rings. The van der Waals surface area contributed by atoms with Gasteiger partial charge in [-0.2, -0.15) is 0 Å². The van der Waals surface area contributed by atoms with Crippen LogP contribution >= 0.6 is 0 Å². The Labute approximate surface area is 209 Å².